The molecule has 0 aliphatic carbocycles. The third kappa shape index (κ3) is 1.35. The van der Waals surface area contributed by atoms with Gasteiger partial charge in [-0.15, -0.1) is 0 Å². The monoisotopic (exact) mass is 259 g/mol. The third-order valence-corrected chi connectivity index (χ3v) is 2.06. The molecule has 5 nitrogen and oxygen atoms in total. The number of benzene rings is 1. The Bertz CT molecular complexity index is 473. The minimum Gasteiger partial charge on any atom is -0.594 e. The number of hydrogen-bond donors (Lipinski definition) is 1. The number of aromatic nitrogens is 3. The third-order valence-electron chi connectivity index (χ3n) is 1.61. The van der Waals surface area contributed by atoms with E-state index in [2.05, 4.69) is 26.0 Å². The van der Waals surface area contributed by atoms with Crippen molar-refractivity contribution in [1.29, 1.82) is 0 Å². The first-order valence-corrected chi connectivity index (χ1v) is 4.33. The lowest BCUT2D eigenvalue weighted by Gasteiger charge is -1.99. The molecule has 14 heavy (non-hydrogen) atoms. The molecule has 0 aliphatic heterocycles. The second-order valence-corrected chi connectivity index (χ2v) is 3.46. The van der Waals surface area contributed by atoms with E-state index in [1.54, 1.807) is 0 Å². The van der Waals surface area contributed by atoms with Crippen molar-refractivity contribution >= 4 is 27.0 Å². The molecule has 0 atom stereocenters. The van der Waals surface area contributed by atoms with Gasteiger partial charge < -0.3 is 10.3 Å². The van der Waals surface area contributed by atoms with Gasteiger partial charge in [0, 0.05) is 10.5 Å². The van der Waals surface area contributed by atoms with Gasteiger partial charge in [0.1, 0.15) is 0 Å². The molecule has 72 valence electrons. The van der Waals surface area contributed by atoms with Gasteiger partial charge in [-0.2, -0.15) is 4.98 Å². The fourth-order valence-corrected chi connectivity index (χ4v) is 1.48. The van der Waals surface area contributed by atoms with Crippen LogP contribution in [0.5, 0.6) is 6.01 Å². The summed E-state index contributed by atoms with van der Waals surface area (Å²) in [5, 5.41) is 23.1. The summed E-state index contributed by atoms with van der Waals surface area (Å²) in [5.41, 5.74) is -0.259. The Hall–Kier alpha value is -1.50. The van der Waals surface area contributed by atoms with Gasteiger partial charge in [-0.3, -0.25) is 0 Å². The molecule has 0 radical (unpaired) electrons. The maximum Gasteiger partial charge on any atom is 0.378 e. The summed E-state index contributed by atoms with van der Waals surface area (Å²) in [6, 6.07) is 1.76. The number of hydrogen-bond acceptors (Lipinski definition) is 4. The molecular formula is C7H3BrFN3O2. The van der Waals surface area contributed by atoms with Crippen molar-refractivity contribution in [1.82, 2.24) is 10.1 Å². The Kier molecular flexibility index (Phi) is 1.95. The summed E-state index contributed by atoms with van der Waals surface area (Å²) < 4.78 is 13.6. The smallest absolute Gasteiger partial charge is 0.378 e. The van der Waals surface area contributed by atoms with E-state index in [-0.39, 0.29) is 15.9 Å². The lowest BCUT2D eigenvalue weighted by atomic mass is 10.3. The highest BCUT2D eigenvalue weighted by Crippen LogP contribution is 2.19. The van der Waals surface area contributed by atoms with E-state index in [0.717, 1.165) is 6.07 Å². The summed E-state index contributed by atoms with van der Waals surface area (Å²) in [6.45, 7) is 0. The molecule has 2 aromatic rings. The van der Waals surface area contributed by atoms with Gasteiger partial charge in [0.2, 0.25) is 0 Å². The molecule has 1 heterocycles. The summed E-state index contributed by atoms with van der Waals surface area (Å²) >= 11 is 3.03. The molecule has 0 saturated carbocycles. The number of aromatic hydroxyl groups is 1. The summed E-state index contributed by atoms with van der Waals surface area (Å²) in [4.78, 5) is 3.52. The van der Waals surface area contributed by atoms with Crippen LogP contribution in [0, 0.1) is 11.0 Å². The van der Waals surface area contributed by atoms with E-state index < -0.39 is 11.8 Å². The molecule has 1 aromatic carbocycles. The molecule has 0 amide bonds. The molecule has 1 N–H and O–H groups in total. The van der Waals surface area contributed by atoms with Crippen molar-refractivity contribution in [3.8, 4) is 6.01 Å². The lowest BCUT2D eigenvalue weighted by molar-refractivity contribution is -0.644. The molecule has 7 heteroatoms. The molecular weight excluding hydrogens is 257 g/mol. The predicted octanol–water partition coefficient (Wildman–Crippen LogP) is 0.870. The van der Waals surface area contributed by atoms with Crippen LogP contribution in [0.25, 0.3) is 11.0 Å². The van der Waals surface area contributed by atoms with E-state index in [1.807, 2.05) is 0 Å². The Morgan fingerprint density at radius 1 is 1.50 bits per heavy atom. The predicted molar refractivity (Wildman–Crippen MR) is 47.8 cm³/mol. The fraction of sp³-hybridized carbons (Fsp3) is 0. The number of halogens is 2. The minimum absolute atomic E-state index is 0.0466. The maximum absolute atomic E-state index is 13.2. The Morgan fingerprint density at radius 2 is 2.21 bits per heavy atom. The van der Waals surface area contributed by atoms with Crippen LogP contribution >= 0.6 is 15.9 Å². The fourth-order valence-electron chi connectivity index (χ4n) is 1.07. The zero-order valence-electron chi connectivity index (χ0n) is 6.61. The van der Waals surface area contributed by atoms with E-state index >= 15 is 0 Å². The van der Waals surface area contributed by atoms with Crippen LogP contribution in [-0.4, -0.2) is 15.2 Å². The molecule has 0 fully saturated rings. The van der Waals surface area contributed by atoms with Crippen molar-refractivity contribution < 1.29 is 14.3 Å². The van der Waals surface area contributed by atoms with Gasteiger partial charge in [-0.05, 0) is 10.9 Å². The van der Waals surface area contributed by atoms with Crippen molar-refractivity contribution in [2.45, 2.75) is 0 Å². The van der Waals surface area contributed by atoms with Crippen molar-refractivity contribution in [2.75, 3.05) is 0 Å². The average Bonchev–Trinajstić information content (AvgIpc) is 2.07. The van der Waals surface area contributed by atoms with Crippen molar-refractivity contribution in [3.63, 3.8) is 0 Å². The topological polar surface area (TPSA) is 73.0 Å². The molecule has 0 bridgehead atoms. The quantitative estimate of drug-likeness (QED) is 0.563. The normalized spacial score (nSPS) is 10.7. The van der Waals surface area contributed by atoms with Crippen LogP contribution in [0.15, 0.2) is 16.6 Å². The maximum atomic E-state index is 13.2. The van der Waals surface area contributed by atoms with Gasteiger partial charge in [-0.25, -0.2) is 4.39 Å². The molecule has 0 aliphatic rings. The summed E-state index contributed by atoms with van der Waals surface area (Å²) in [7, 11) is 0. The van der Waals surface area contributed by atoms with Gasteiger partial charge in [-0.1, -0.05) is 15.9 Å². The van der Waals surface area contributed by atoms with E-state index in [1.165, 1.54) is 6.07 Å². The number of fused-ring (bicyclic) bond motifs is 1. The van der Waals surface area contributed by atoms with Crippen LogP contribution in [0.2, 0.25) is 0 Å². The summed E-state index contributed by atoms with van der Waals surface area (Å²) in [6.07, 6.45) is 0. The van der Waals surface area contributed by atoms with Crippen LogP contribution in [0.3, 0.4) is 0 Å². The summed E-state index contributed by atoms with van der Waals surface area (Å²) in [5.74, 6) is -0.698. The zero-order chi connectivity index (χ0) is 10.3. The first-order valence-electron chi connectivity index (χ1n) is 3.53. The van der Waals surface area contributed by atoms with E-state index in [0.29, 0.717) is 4.47 Å². The minimum atomic E-state index is -0.756. The second kappa shape index (κ2) is 3.02. The van der Waals surface area contributed by atoms with E-state index in [9.17, 15) is 9.60 Å². The van der Waals surface area contributed by atoms with Crippen LogP contribution in [0.1, 0.15) is 0 Å². The highest BCUT2D eigenvalue weighted by Gasteiger charge is 2.15. The van der Waals surface area contributed by atoms with Gasteiger partial charge in [0.15, 0.2) is 11.3 Å². The van der Waals surface area contributed by atoms with Crippen LogP contribution in [0.4, 0.5) is 4.39 Å². The molecule has 1 aromatic heterocycles. The lowest BCUT2D eigenvalue weighted by Crippen LogP contribution is -2.32. The molecule has 0 spiro atoms. The Morgan fingerprint density at radius 3 is 2.93 bits per heavy atom. The van der Waals surface area contributed by atoms with Gasteiger partial charge in [0.05, 0.1) is 5.10 Å². The van der Waals surface area contributed by atoms with Gasteiger partial charge in [0.25, 0.3) is 5.52 Å². The van der Waals surface area contributed by atoms with Crippen molar-refractivity contribution in [2.24, 2.45) is 0 Å². The highest BCUT2D eigenvalue weighted by molar-refractivity contribution is 9.10. The first-order chi connectivity index (χ1) is 6.58. The van der Waals surface area contributed by atoms with Gasteiger partial charge >= 0.3 is 6.01 Å². The molecule has 0 saturated heterocycles. The standard InChI is InChI=1S/C7H3BrFN3O2/c8-3-1-4(9)6-5(2-3)12(14)11-7(13)10-6/h1-2H,(H,10,11,13). The first kappa shape index (κ1) is 9.07. The molecule has 0 unspecified atom stereocenters. The van der Waals surface area contributed by atoms with E-state index in [4.69, 9.17) is 5.11 Å². The largest absolute Gasteiger partial charge is 0.594 e. The zero-order valence-corrected chi connectivity index (χ0v) is 8.19. The highest BCUT2D eigenvalue weighted by atomic mass is 79.9. The SMILES string of the molecule is [O-][n+]1nc(O)nc2c(F)cc(Br)cc21. The number of nitrogens with zero attached hydrogens (tertiary/aromatic N) is 3. The number of rotatable bonds is 0. The van der Waals surface area contributed by atoms with Crippen molar-refractivity contribution in [3.05, 3.63) is 27.6 Å². The average molecular weight is 260 g/mol. The Labute approximate surface area is 85.5 Å². The Balaban J connectivity index is 2.94. The van der Waals surface area contributed by atoms with Crippen LogP contribution < -0.4 is 4.85 Å². The van der Waals surface area contributed by atoms with Crippen LogP contribution in [-0.2, 0) is 0 Å². The molecule has 2 rings (SSSR count). The second-order valence-electron chi connectivity index (χ2n) is 2.54.